The third kappa shape index (κ3) is 10.7. The van der Waals surface area contributed by atoms with E-state index in [2.05, 4.69) is 33.6 Å². The zero-order valence-electron chi connectivity index (χ0n) is 20.9. The van der Waals surface area contributed by atoms with Crippen LogP contribution in [0.3, 0.4) is 0 Å². The van der Waals surface area contributed by atoms with Gasteiger partial charge in [-0.25, -0.2) is 0 Å². The Kier molecular flexibility index (Phi) is 12.2. The van der Waals surface area contributed by atoms with Gasteiger partial charge in [0.25, 0.3) is 5.91 Å². The van der Waals surface area contributed by atoms with Crippen molar-refractivity contribution in [1.29, 1.82) is 0 Å². The number of amides is 2. The highest BCUT2D eigenvalue weighted by molar-refractivity contribution is 8.17. The second-order valence-corrected chi connectivity index (χ2v) is 10.8. The number of benzene rings is 1. The fraction of sp³-hybridized carbons (Fsp3) is 0.444. The summed E-state index contributed by atoms with van der Waals surface area (Å²) in [6.45, 7) is 6.42. The molecule has 1 aromatic carbocycles. The number of carbonyl (C=O) groups is 2. The molecule has 2 amide bonds. The van der Waals surface area contributed by atoms with E-state index in [0.717, 1.165) is 29.7 Å². The van der Waals surface area contributed by atoms with E-state index >= 15 is 0 Å². The zero-order chi connectivity index (χ0) is 25.6. The van der Waals surface area contributed by atoms with Crippen molar-refractivity contribution in [2.24, 2.45) is 10.9 Å². The second-order valence-electron chi connectivity index (χ2n) is 8.68. The first kappa shape index (κ1) is 28.1. The van der Waals surface area contributed by atoms with E-state index < -0.39 is 0 Å². The first-order valence-corrected chi connectivity index (χ1v) is 14.1. The van der Waals surface area contributed by atoms with Crippen molar-refractivity contribution in [2.75, 3.05) is 20.3 Å². The fourth-order valence-electron chi connectivity index (χ4n) is 3.40. The second kappa shape index (κ2) is 15.6. The van der Waals surface area contributed by atoms with E-state index in [0.29, 0.717) is 49.5 Å². The molecule has 0 unspecified atom stereocenters. The largest absolute Gasteiger partial charge is 0.361 e. The maximum Gasteiger partial charge on any atom is 0.251 e. The number of nitrogens with zero attached hydrogens (tertiary/aromatic N) is 1. The Hall–Kier alpha value is -2.46. The highest BCUT2D eigenvalue weighted by atomic mass is 32.2. The van der Waals surface area contributed by atoms with Crippen LogP contribution in [0, 0.1) is 5.92 Å². The molecule has 36 heavy (non-hydrogen) atoms. The van der Waals surface area contributed by atoms with Crippen molar-refractivity contribution in [3.63, 3.8) is 0 Å². The number of unbranched alkanes of at least 4 members (excludes halogenated alkanes) is 2. The summed E-state index contributed by atoms with van der Waals surface area (Å²) in [4.78, 5) is 31.0. The first-order chi connectivity index (χ1) is 17.5. The Bertz CT molecular complexity index is 1000. The van der Waals surface area contributed by atoms with Gasteiger partial charge in [0.15, 0.2) is 5.17 Å². The molecule has 1 heterocycles. The lowest BCUT2D eigenvalue weighted by Crippen LogP contribution is -2.28. The summed E-state index contributed by atoms with van der Waals surface area (Å²) in [5.41, 5.74) is 1.74. The Morgan fingerprint density at radius 3 is 2.67 bits per heavy atom. The Labute approximate surface area is 222 Å². The molecule has 0 spiro atoms. The van der Waals surface area contributed by atoms with Crippen LogP contribution in [0.15, 0.2) is 58.3 Å². The van der Waals surface area contributed by atoms with Gasteiger partial charge in [0.1, 0.15) is 0 Å². The molecule has 1 aromatic heterocycles. The summed E-state index contributed by atoms with van der Waals surface area (Å²) in [7, 11) is 1.68. The average molecular weight is 529 g/mol. The van der Waals surface area contributed by atoms with Gasteiger partial charge in [0, 0.05) is 37.0 Å². The van der Waals surface area contributed by atoms with E-state index in [1.807, 2.05) is 35.7 Å². The third-order valence-corrected chi connectivity index (χ3v) is 7.57. The normalized spacial score (nSPS) is 13.4. The van der Waals surface area contributed by atoms with Gasteiger partial charge in [-0.1, -0.05) is 43.0 Å². The molecule has 1 aliphatic rings. The van der Waals surface area contributed by atoms with Crippen LogP contribution in [-0.2, 0) is 22.7 Å². The van der Waals surface area contributed by atoms with Crippen LogP contribution in [0.5, 0.6) is 0 Å². The topological polar surface area (TPSA) is 91.8 Å². The Morgan fingerprint density at radius 1 is 1.17 bits per heavy atom. The van der Waals surface area contributed by atoms with Gasteiger partial charge < -0.3 is 15.4 Å². The molecule has 0 aliphatic heterocycles. The van der Waals surface area contributed by atoms with E-state index in [-0.39, 0.29) is 11.8 Å². The van der Waals surface area contributed by atoms with Crippen LogP contribution in [-0.4, -0.2) is 37.3 Å². The highest BCUT2D eigenvalue weighted by Crippen LogP contribution is 2.41. The molecule has 7 nitrogen and oxygen atoms in total. The maximum absolute atomic E-state index is 12.4. The first-order valence-electron chi connectivity index (χ1n) is 12.4. The number of thioether (sulfide) groups is 1. The summed E-state index contributed by atoms with van der Waals surface area (Å²) in [6.07, 6.45) is 5.27. The van der Waals surface area contributed by atoms with Crippen LogP contribution in [0.4, 0.5) is 0 Å². The van der Waals surface area contributed by atoms with Gasteiger partial charge in [0.2, 0.25) is 5.91 Å². The molecule has 3 rings (SSSR count). The van der Waals surface area contributed by atoms with Crippen LogP contribution in [0.25, 0.3) is 0 Å². The minimum absolute atomic E-state index is 0.0283. The monoisotopic (exact) mass is 528 g/mol. The zero-order valence-corrected chi connectivity index (χ0v) is 22.5. The van der Waals surface area contributed by atoms with Crippen molar-refractivity contribution in [1.82, 2.24) is 16.0 Å². The predicted molar refractivity (Wildman–Crippen MR) is 149 cm³/mol. The number of ether oxygens (including phenoxy) is 1. The van der Waals surface area contributed by atoms with Crippen LogP contribution in [0.1, 0.15) is 59.3 Å². The van der Waals surface area contributed by atoms with Gasteiger partial charge in [-0.3, -0.25) is 19.9 Å². The standard InChI is InChI=1S/C27H36N4O3S2/c1-20(22-13-14-22)36-27(28-2)31-25(32)8-4-3-5-15-30-26(33)23-11-9-21(10-12-23)17-29-19-34-18-24-7-6-16-35-24/h6-7,9-12,16,22,29H,1,3-5,8,13-15,17-19H2,2H3,(H,30,33)(H,28,31,32). The summed E-state index contributed by atoms with van der Waals surface area (Å²) in [6, 6.07) is 11.7. The third-order valence-electron chi connectivity index (χ3n) is 5.65. The summed E-state index contributed by atoms with van der Waals surface area (Å²) in [5.74, 6) is 0.461. The van der Waals surface area contributed by atoms with Gasteiger partial charge in [-0.2, -0.15) is 0 Å². The number of carbonyl (C=O) groups excluding carboxylic acids is 2. The van der Waals surface area contributed by atoms with Crippen molar-refractivity contribution < 1.29 is 14.3 Å². The number of allylic oxidation sites excluding steroid dienone is 1. The van der Waals surface area contributed by atoms with E-state index in [9.17, 15) is 9.59 Å². The molecule has 1 aliphatic carbocycles. The predicted octanol–water partition coefficient (Wildman–Crippen LogP) is 5.06. The molecule has 0 bridgehead atoms. The van der Waals surface area contributed by atoms with Crippen LogP contribution >= 0.6 is 23.1 Å². The molecule has 1 saturated carbocycles. The molecule has 1 fully saturated rings. The summed E-state index contributed by atoms with van der Waals surface area (Å²) >= 11 is 3.15. The minimum atomic E-state index is -0.0803. The quantitative estimate of drug-likeness (QED) is 0.130. The Balaban J connectivity index is 1.21. The van der Waals surface area contributed by atoms with Crippen molar-refractivity contribution in [3.8, 4) is 0 Å². The molecule has 2 aromatic rings. The number of hydrogen-bond acceptors (Lipinski definition) is 7. The number of nitrogens with one attached hydrogen (secondary N) is 3. The lowest BCUT2D eigenvalue weighted by Gasteiger charge is -2.09. The number of rotatable bonds is 15. The van der Waals surface area contributed by atoms with Gasteiger partial charge in [-0.15, -0.1) is 11.3 Å². The van der Waals surface area contributed by atoms with Crippen molar-refractivity contribution >= 4 is 40.1 Å². The molecule has 194 valence electrons. The highest BCUT2D eigenvalue weighted by Gasteiger charge is 2.26. The Morgan fingerprint density at radius 2 is 1.97 bits per heavy atom. The van der Waals surface area contributed by atoms with Gasteiger partial charge >= 0.3 is 0 Å². The number of aliphatic imine (C=N–C) groups is 1. The number of hydrogen-bond donors (Lipinski definition) is 3. The van der Waals surface area contributed by atoms with Gasteiger partial charge in [0.05, 0.1) is 13.3 Å². The maximum atomic E-state index is 12.4. The molecule has 0 radical (unpaired) electrons. The SMILES string of the molecule is C=C(SC(=NC)NC(=O)CCCCCNC(=O)c1ccc(CNCOCc2cccs2)cc1)C1CC1. The lowest BCUT2D eigenvalue weighted by atomic mass is 10.1. The van der Waals surface area contributed by atoms with Gasteiger partial charge in [-0.05, 0) is 65.6 Å². The van der Waals surface area contributed by atoms with E-state index in [1.165, 1.54) is 29.5 Å². The smallest absolute Gasteiger partial charge is 0.251 e. The molecule has 3 N–H and O–H groups in total. The molecule has 0 saturated heterocycles. The van der Waals surface area contributed by atoms with E-state index in [1.54, 1.807) is 18.4 Å². The minimum Gasteiger partial charge on any atom is -0.361 e. The van der Waals surface area contributed by atoms with E-state index in [4.69, 9.17) is 4.74 Å². The number of thiophene rings is 1. The molecular weight excluding hydrogens is 492 g/mol. The lowest BCUT2D eigenvalue weighted by molar-refractivity contribution is -0.119. The average Bonchev–Trinajstić information content (AvgIpc) is 3.61. The molecular formula is C27H36N4O3S2. The van der Waals surface area contributed by atoms with Crippen molar-refractivity contribution in [3.05, 3.63) is 69.3 Å². The molecule has 0 atom stereocenters. The summed E-state index contributed by atoms with van der Waals surface area (Å²) in [5, 5.41) is 11.7. The molecule has 9 heteroatoms. The fourth-order valence-corrected chi connectivity index (χ4v) is 4.95. The van der Waals surface area contributed by atoms with Crippen molar-refractivity contribution in [2.45, 2.75) is 51.7 Å². The number of amidine groups is 1. The van der Waals surface area contributed by atoms with Crippen LogP contribution in [0.2, 0.25) is 0 Å². The summed E-state index contributed by atoms with van der Waals surface area (Å²) < 4.78 is 5.60. The van der Waals surface area contributed by atoms with Crippen LogP contribution < -0.4 is 16.0 Å².